The number of sulfone groups is 2. The summed E-state index contributed by atoms with van der Waals surface area (Å²) in [4.78, 5) is -0.310. The largest absolute Gasteiger partial charge is 0.294 e. The van der Waals surface area contributed by atoms with Crippen LogP contribution in [0.5, 0.6) is 0 Å². The lowest BCUT2D eigenvalue weighted by atomic mass is 10.1. The summed E-state index contributed by atoms with van der Waals surface area (Å²) in [6.07, 6.45) is -0.176. The molecule has 0 amide bonds. The van der Waals surface area contributed by atoms with Crippen molar-refractivity contribution in [2.75, 3.05) is 0 Å². The van der Waals surface area contributed by atoms with Gasteiger partial charge >= 0.3 is 0 Å². The van der Waals surface area contributed by atoms with Crippen LogP contribution in [0.15, 0.2) is 53.1 Å². The van der Waals surface area contributed by atoms with E-state index in [1.807, 2.05) is 0 Å². The zero-order valence-electron chi connectivity index (χ0n) is 12.0. The maximum absolute atomic E-state index is 11.9. The third kappa shape index (κ3) is 4.99. The van der Waals surface area contributed by atoms with Crippen LogP contribution in [0.1, 0.15) is 12.0 Å². The van der Waals surface area contributed by atoms with Crippen molar-refractivity contribution in [2.45, 2.75) is 22.3 Å². The molecule has 128 valence electrons. The Balaban J connectivity index is 3.05. The second kappa shape index (κ2) is 6.95. The van der Waals surface area contributed by atoms with Gasteiger partial charge in [-0.2, -0.15) is 8.42 Å². The van der Waals surface area contributed by atoms with Gasteiger partial charge in [0.25, 0.3) is 10.1 Å². The van der Waals surface area contributed by atoms with E-state index in [1.165, 1.54) is 12.1 Å². The molecule has 0 aromatic heterocycles. The Morgan fingerprint density at radius 1 is 0.913 bits per heavy atom. The number of hydrogen-bond acceptors (Lipinski definition) is 6. The highest BCUT2D eigenvalue weighted by atomic mass is 32.3. The maximum atomic E-state index is 11.9. The molecular formula is C13H16O7S3. The zero-order chi connectivity index (χ0) is 17.9. The van der Waals surface area contributed by atoms with E-state index in [0.717, 1.165) is 12.1 Å². The van der Waals surface area contributed by atoms with Gasteiger partial charge < -0.3 is 0 Å². The third-order valence-corrected chi connectivity index (χ3v) is 8.43. The fraction of sp³-hybridized carbons (Fsp3) is 0.231. The lowest BCUT2D eigenvalue weighted by Gasteiger charge is -2.13. The molecule has 0 saturated heterocycles. The quantitative estimate of drug-likeness (QED) is 0.674. The molecule has 1 aromatic carbocycles. The standard InChI is InChI=1S/C13H16O7S3/c1-3-21(14,15)13(22(16,17)4-2)10-7-11-5-8-12(9-6-11)23(18,19)20/h3-6,8-9,13H,1-2,7,10H2,(H,18,19,20). The van der Waals surface area contributed by atoms with Gasteiger partial charge in [-0.05, 0) is 30.5 Å². The number of aryl methyl sites for hydroxylation is 1. The average molecular weight is 380 g/mol. The van der Waals surface area contributed by atoms with E-state index in [1.54, 1.807) is 0 Å². The Morgan fingerprint density at radius 2 is 1.35 bits per heavy atom. The van der Waals surface area contributed by atoms with Crippen LogP contribution in [0, 0.1) is 0 Å². The van der Waals surface area contributed by atoms with Crippen molar-refractivity contribution in [1.29, 1.82) is 0 Å². The highest BCUT2D eigenvalue weighted by Crippen LogP contribution is 2.20. The number of benzene rings is 1. The molecule has 0 radical (unpaired) electrons. The Morgan fingerprint density at radius 3 is 1.70 bits per heavy atom. The first-order valence-corrected chi connectivity index (χ1v) is 10.9. The molecule has 0 aliphatic rings. The second-order valence-electron chi connectivity index (χ2n) is 4.60. The SMILES string of the molecule is C=CS(=O)(=O)C(CCc1ccc(S(=O)(=O)O)cc1)S(=O)(=O)C=C. The number of hydrogen-bond donors (Lipinski definition) is 1. The molecule has 7 nitrogen and oxygen atoms in total. The molecule has 0 saturated carbocycles. The second-order valence-corrected chi connectivity index (χ2v) is 10.5. The van der Waals surface area contributed by atoms with E-state index in [2.05, 4.69) is 13.2 Å². The normalized spacial score (nSPS) is 13.0. The van der Waals surface area contributed by atoms with Crippen molar-refractivity contribution in [1.82, 2.24) is 0 Å². The summed E-state index contributed by atoms with van der Waals surface area (Å²) in [5, 5.41) is 1.17. The van der Waals surface area contributed by atoms with Gasteiger partial charge in [0, 0.05) is 10.8 Å². The molecule has 0 spiro atoms. The van der Waals surface area contributed by atoms with Gasteiger partial charge in [0.15, 0.2) is 24.3 Å². The van der Waals surface area contributed by atoms with Crippen LogP contribution < -0.4 is 0 Å². The zero-order valence-corrected chi connectivity index (χ0v) is 14.4. The van der Waals surface area contributed by atoms with E-state index in [9.17, 15) is 25.3 Å². The lowest BCUT2D eigenvalue weighted by Crippen LogP contribution is -2.28. The molecule has 0 aliphatic carbocycles. The van der Waals surface area contributed by atoms with Gasteiger partial charge in [-0.15, -0.1) is 0 Å². The van der Waals surface area contributed by atoms with Crippen molar-refractivity contribution in [3.8, 4) is 0 Å². The molecule has 0 atom stereocenters. The topological polar surface area (TPSA) is 123 Å². The molecule has 0 bridgehead atoms. The average Bonchev–Trinajstić information content (AvgIpc) is 2.46. The van der Waals surface area contributed by atoms with E-state index in [4.69, 9.17) is 4.55 Å². The van der Waals surface area contributed by atoms with Gasteiger partial charge in [0.2, 0.25) is 0 Å². The monoisotopic (exact) mass is 380 g/mol. The van der Waals surface area contributed by atoms with Crippen LogP contribution >= 0.6 is 0 Å². The molecule has 0 unspecified atom stereocenters. The van der Waals surface area contributed by atoms with Crippen molar-refractivity contribution in [2.24, 2.45) is 0 Å². The Hall–Kier alpha value is -1.49. The van der Waals surface area contributed by atoms with E-state index >= 15 is 0 Å². The number of rotatable bonds is 8. The van der Waals surface area contributed by atoms with E-state index in [0.29, 0.717) is 16.4 Å². The van der Waals surface area contributed by atoms with Crippen molar-refractivity contribution in [3.63, 3.8) is 0 Å². The summed E-state index contributed by atoms with van der Waals surface area (Å²) >= 11 is 0. The van der Waals surface area contributed by atoms with Crippen molar-refractivity contribution >= 4 is 29.8 Å². The van der Waals surface area contributed by atoms with Crippen LogP contribution in [0.25, 0.3) is 0 Å². The minimum atomic E-state index is -4.32. The molecule has 1 N–H and O–H groups in total. The predicted octanol–water partition coefficient (Wildman–Crippen LogP) is 1.31. The lowest BCUT2D eigenvalue weighted by molar-refractivity contribution is 0.483. The van der Waals surface area contributed by atoms with E-state index in [-0.39, 0.29) is 17.7 Å². The molecular weight excluding hydrogens is 364 g/mol. The summed E-state index contributed by atoms with van der Waals surface area (Å²) in [6, 6.07) is 5.01. The van der Waals surface area contributed by atoms with Gasteiger partial charge in [-0.1, -0.05) is 25.3 Å². The highest BCUT2D eigenvalue weighted by molar-refractivity contribution is 8.11. The summed E-state index contributed by atoms with van der Waals surface area (Å²) in [5.41, 5.74) is 0.515. The fourth-order valence-electron chi connectivity index (χ4n) is 1.84. The van der Waals surface area contributed by atoms with Gasteiger partial charge in [-0.25, -0.2) is 16.8 Å². The van der Waals surface area contributed by atoms with E-state index < -0.39 is 34.4 Å². The van der Waals surface area contributed by atoms with Gasteiger partial charge in [0.05, 0.1) is 4.90 Å². The molecule has 1 aromatic rings. The molecule has 0 aliphatic heterocycles. The summed E-state index contributed by atoms with van der Waals surface area (Å²) in [7, 11) is -12.4. The summed E-state index contributed by atoms with van der Waals surface area (Å²) < 4.78 is 76.4. The summed E-state index contributed by atoms with van der Waals surface area (Å²) in [5.74, 6) is 0. The molecule has 0 heterocycles. The predicted molar refractivity (Wildman–Crippen MR) is 86.6 cm³/mol. The fourth-order valence-corrected chi connectivity index (χ4v) is 5.61. The first kappa shape index (κ1) is 19.6. The minimum Gasteiger partial charge on any atom is -0.282 e. The highest BCUT2D eigenvalue weighted by Gasteiger charge is 2.33. The molecule has 23 heavy (non-hydrogen) atoms. The maximum Gasteiger partial charge on any atom is 0.294 e. The third-order valence-electron chi connectivity index (χ3n) is 3.09. The molecule has 10 heteroatoms. The summed E-state index contributed by atoms with van der Waals surface area (Å²) in [6.45, 7) is 6.23. The van der Waals surface area contributed by atoms with Crippen LogP contribution in [0.3, 0.4) is 0 Å². The minimum absolute atomic E-state index is 0.0660. The van der Waals surface area contributed by atoms with Crippen LogP contribution in [0.4, 0.5) is 0 Å². The molecule has 1 rings (SSSR count). The van der Waals surface area contributed by atoms with Gasteiger partial charge in [-0.3, -0.25) is 4.55 Å². The first-order valence-electron chi connectivity index (χ1n) is 6.23. The van der Waals surface area contributed by atoms with Crippen LogP contribution in [0.2, 0.25) is 0 Å². The van der Waals surface area contributed by atoms with Crippen molar-refractivity contribution in [3.05, 3.63) is 53.8 Å². The van der Waals surface area contributed by atoms with Crippen LogP contribution in [-0.4, -0.2) is 34.4 Å². The Labute approximate surface area is 135 Å². The van der Waals surface area contributed by atoms with Crippen LogP contribution in [-0.2, 0) is 36.2 Å². The van der Waals surface area contributed by atoms with Crippen molar-refractivity contribution < 1.29 is 29.8 Å². The Bertz CT molecular complexity index is 855. The smallest absolute Gasteiger partial charge is 0.282 e. The van der Waals surface area contributed by atoms with Gasteiger partial charge in [0.1, 0.15) is 0 Å². The first-order chi connectivity index (χ1) is 10.4. The molecule has 0 fully saturated rings. The Kier molecular flexibility index (Phi) is 5.91.